The van der Waals surface area contributed by atoms with Crippen molar-refractivity contribution in [2.45, 2.75) is 20.0 Å². The third kappa shape index (κ3) is 3.26. The summed E-state index contributed by atoms with van der Waals surface area (Å²) in [6.45, 7) is 3.92. The fourth-order valence-corrected chi connectivity index (χ4v) is 3.84. The maximum atomic E-state index is 6.26. The molecule has 0 radical (unpaired) electrons. The van der Waals surface area contributed by atoms with Crippen LogP contribution in [-0.4, -0.2) is 25.0 Å². The molecule has 0 unspecified atom stereocenters. The normalized spacial score (nSPS) is 12.5. The number of aromatic amines is 1. The standard InChI is InChI=1S/C19H17Cl2N5O/c1-10-4-13(27-11(2)17-15(20)7-22-8-16(17)21)5-14-18(10)24-25-19(14)12-6-23-26(3)9-12/h4-9,11H,1-3H3,(H,24,25)/t11-/m1/s1. The van der Waals surface area contributed by atoms with Gasteiger partial charge in [0.05, 0.1) is 21.8 Å². The second kappa shape index (κ2) is 6.87. The van der Waals surface area contributed by atoms with Crippen LogP contribution in [0.5, 0.6) is 5.75 Å². The zero-order chi connectivity index (χ0) is 19.1. The molecule has 0 aliphatic heterocycles. The van der Waals surface area contributed by atoms with Gasteiger partial charge in [0.1, 0.15) is 17.5 Å². The van der Waals surface area contributed by atoms with Gasteiger partial charge in [0.25, 0.3) is 0 Å². The Morgan fingerprint density at radius 2 is 1.89 bits per heavy atom. The number of hydrogen-bond acceptors (Lipinski definition) is 4. The van der Waals surface area contributed by atoms with Gasteiger partial charge in [0.2, 0.25) is 0 Å². The fourth-order valence-electron chi connectivity index (χ4n) is 3.17. The number of pyridine rings is 1. The summed E-state index contributed by atoms with van der Waals surface area (Å²) in [5.74, 6) is 0.711. The molecule has 0 amide bonds. The van der Waals surface area contributed by atoms with Gasteiger partial charge in [0.15, 0.2) is 0 Å². The maximum absolute atomic E-state index is 6.26. The smallest absolute Gasteiger partial charge is 0.124 e. The predicted molar refractivity (Wildman–Crippen MR) is 106 cm³/mol. The summed E-state index contributed by atoms with van der Waals surface area (Å²) in [6.07, 6.45) is 6.51. The zero-order valence-corrected chi connectivity index (χ0v) is 16.5. The molecule has 4 aromatic rings. The first-order chi connectivity index (χ1) is 12.9. The molecule has 0 aliphatic rings. The van der Waals surface area contributed by atoms with Crippen LogP contribution in [0.25, 0.3) is 22.2 Å². The molecule has 6 nitrogen and oxygen atoms in total. The van der Waals surface area contributed by atoms with Crippen molar-refractivity contribution in [3.63, 3.8) is 0 Å². The van der Waals surface area contributed by atoms with Crippen molar-refractivity contribution in [3.8, 4) is 17.0 Å². The summed E-state index contributed by atoms with van der Waals surface area (Å²) in [7, 11) is 1.88. The van der Waals surface area contributed by atoms with Crippen LogP contribution in [0, 0.1) is 6.92 Å². The number of H-pyrrole nitrogens is 1. The summed E-state index contributed by atoms with van der Waals surface area (Å²) < 4.78 is 7.91. The summed E-state index contributed by atoms with van der Waals surface area (Å²) in [6, 6.07) is 3.93. The van der Waals surface area contributed by atoms with Crippen LogP contribution < -0.4 is 4.74 Å². The monoisotopic (exact) mass is 401 g/mol. The summed E-state index contributed by atoms with van der Waals surface area (Å²) in [4.78, 5) is 3.99. The lowest BCUT2D eigenvalue weighted by Crippen LogP contribution is -2.05. The van der Waals surface area contributed by atoms with Crippen LogP contribution in [0.1, 0.15) is 24.2 Å². The molecular weight excluding hydrogens is 385 g/mol. The lowest BCUT2D eigenvalue weighted by Gasteiger charge is -2.18. The topological polar surface area (TPSA) is 68.6 Å². The van der Waals surface area contributed by atoms with Gasteiger partial charge in [-0.1, -0.05) is 23.2 Å². The minimum absolute atomic E-state index is 0.335. The van der Waals surface area contributed by atoms with E-state index in [1.807, 2.05) is 39.2 Å². The second-order valence-corrected chi connectivity index (χ2v) is 7.23. The van der Waals surface area contributed by atoms with E-state index >= 15 is 0 Å². The first-order valence-electron chi connectivity index (χ1n) is 8.37. The molecule has 138 valence electrons. The number of nitrogens with zero attached hydrogens (tertiary/aromatic N) is 4. The molecule has 1 N–H and O–H groups in total. The van der Waals surface area contributed by atoms with Gasteiger partial charge in [-0.2, -0.15) is 10.2 Å². The van der Waals surface area contributed by atoms with Crippen molar-refractivity contribution >= 4 is 34.1 Å². The van der Waals surface area contributed by atoms with Crippen LogP contribution >= 0.6 is 23.2 Å². The summed E-state index contributed by atoms with van der Waals surface area (Å²) in [5, 5.41) is 13.7. The highest BCUT2D eigenvalue weighted by Crippen LogP contribution is 2.35. The van der Waals surface area contributed by atoms with Crippen LogP contribution in [-0.2, 0) is 7.05 Å². The van der Waals surface area contributed by atoms with Crippen molar-refractivity contribution in [1.29, 1.82) is 0 Å². The number of aryl methyl sites for hydroxylation is 2. The maximum Gasteiger partial charge on any atom is 0.124 e. The highest BCUT2D eigenvalue weighted by Gasteiger charge is 2.18. The highest BCUT2D eigenvalue weighted by molar-refractivity contribution is 6.35. The van der Waals surface area contributed by atoms with E-state index in [1.165, 1.54) is 0 Å². The van der Waals surface area contributed by atoms with Gasteiger partial charge in [-0.25, -0.2) is 0 Å². The molecule has 1 aromatic carbocycles. The summed E-state index contributed by atoms with van der Waals surface area (Å²) in [5.41, 5.74) is 4.48. The van der Waals surface area contributed by atoms with E-state index in [-0.39, 0.29) is 6.10 Å². The first kappa shape index (κ1) is 17.8. The number of benzene rings is 1. The van der Waals surface area contributed by atoms with Crippen LogP contribution in [0.15, 0.2) is 36.9 Å². The molecule has 3 aromatic heterocycles. The van der Waals surface area contributed by atoms with Gasteiger partial charge in [0, 0.05) is 42.2 Å². The van der Waals surface area contributed by atoms with Crippen molar-refractivity contribution in [3.05, 3.63) is 58.1 Å². The molecule has 4 rings (SSSR count). The number of nitrogens with one attached hydrogen (secondary N) is 1. The van der Waals surface area contributed by atoms with E-state index in [4.69, 9.17) is 27.9 Å². The molecule has 0 saturated heterocycles. The third-order valence-electron chi connectivity index (χ3n) is 4.43. The third-order valence-corrected chi connectivity index (χ3v) is 5.03. The first-order valence-corrected chi connectivity index (χ1v) is 9.13. The average molecular weight is 402 g/mol. The van der Waals surface area contributed by atoms with Crippen LogP contribution in [0.2, 0.25) is 10.0 Å². The quantitative estimate of drug-likeness (QED) is 0.515. The van der Waals surface area contributed by atoms with Crippen molar-refractivity contribution in [1.82, 2.24) is 25.0 Å². The highest BCUT2D eigenvalue weighted by atomic mass is 35.5. The molecule has 0 fully saturated rings. The van der Waals surface area contributed by atoms with E-state index < -0.39 is 0 Å². The second-order valence-electron chi connectivity index (χ2n) is 6.41. The average Bonchev–Trinajstić information content (AvgIpc) is 3.21. The number of halogens is 2. The minimum atomic E-state index is -0.335. The molecular formula is C19H17Cl2N5O. The Morgan fingerprint density at radius 3 is 2.56 bits per heavy atom. The Labute approximate surface area is 166 Å². The molecule has 3 heterocycles. The van der Waals surface area contributed by atoms with Crippen molar-refractivity contribution < 1.29 is 4.74 Å². The van der Waals surface area contributed by atoms with Crippen LogP contribution in [0.4, 0.5) is 0 Å². The number of ether oxygens (including phenoxy) is 1. The van der Waals surface area contributed by atoms with Gasteiger partial charge >= 0.3 is 0 Å². The number of aromatic nitrogens is 5. The molecule has 8 heteroatoms. The largest absolute Gasteiger partial charge is 0.486 e. The Morgan fingerprint density at radius 1 is 1.15 bits per heavy atom. The Hall–Kier alpha value is -2.57. The molecule has 0 spiro atoms. The van der Waals surface area contributed by atoms with Crippen molar-refractivity contribution in [2.24, 2.45) is 7.05 Å². The van der Waals surface area contributed by atoms with Gasteiger partial charge in [-0.3, -0.25) is 14.8 Å². The number of hydrogen-bond donors (Lipinski definition) is 1. The minimum Gasteiger partial charge on any atom is -0.486 e. The Bertz CT molecular complexity index is 1110. The van der Waals surface area contributed by atoms with E-state index in [1.54, 1.807) is 23.3 Å². The molecule has 0 bridgehead atoms. The Kier molecular flexibility index (Phi) is 4.53. The van der Waals surface area contributed by atoms with E-state index in [9.17, 15) is 0 Å². The molecule has 0 aliphatic carbocycles. The summed E-state index contributed by atoms with van der Waals surface area (Å²) >= 11 is 12.5. The van der Waals surface area contributed by atoms with E-state index in [0.29, 0.717) is 21.4 Å². The number of fused-ring (bicyclic) bond motifs is 1. The van der Waals surface area contributed by atoms with E-state index in [0.717, 1.165) is 27.7 Å². The van der Waals surface area contributed by atoms with Gasteiger partial charge in [-0.15, -0.1) is 0 Å². The molecule has 27 heavy (non-hydrogen) atoms. The zero-order valence-electron chi connectivity index (χ0n) is 15.0. The van der Waals surface area contributed by atoms with Gasteiger partial charge < -0.3 is 4.74 Å². The van der Waals surface area contributed by atoms with Crippen molar-refractivity contribution in [2.75, 3.05) is 0 Å². The number of rotatable bonds is 4. The van der Waals surface area contributed by atoms with Crippen LogP contribution in [0.3, 0.4) is 0 Å². The van der Waals surface area contributed by atoms with E-state index in [2.05, 4.69) is 20.3 Å². The predicted octanol–water partition coefficient (Wildman–Crippen LogP) is 5.11. The fraction of sp³-hybridized carbons (Fsp3) is 0.211. The Balaban J connectivity index is 1.74. The lowest BCUT2D eigenvalue weighted by molar-refractivity contribution is 0.227. The molecule has 1 atom stereocenters. The SMILES string of the molecule is Cc1cc(O[C@H](C)c2c(Cl)cncc2Cl)cc2c(-c3cnn(C)c3)n[nH]c12. The molecule has 0 saturated carbocycles. The lowest BCUT2D eigenvalue weighted by atomic mass is 10.1. The van der Waals surface area contributed by atoms with Gasteiger partial charge in [-0.05, 0) is 31.5 Å².